The molecule has 122 valence electrons. The first-order chi connectivity index (χ1) is 10.9. The van der Waals surface area contributed by atoms with Gasteiger partial charge in [-0.25, -0.2) is 8.42 Å². The molecule has 0 aliphatic rings. The van der Waals surface area contributed by atoms with Gasteiger partial charge in [-0.1, -0.05) is 52.6 Å². The summed E-state index contributed by atoms with van der Waals surface area (Å²) in [5, 5.41) is 4.97. The van der Waals surface area contributed by atoms with Crippen molar-refractivity contribution in [1.82, 2.24) is 0 Å². The molecular weight excluding hydrogens is 357 g/mol. The third-order valence-corrected chi connectivity index (χ3v) is 5.03. The van der Waals surface area contributed by atoms with Crippen LogP contribution in [0.4, 0.5) is 0 Å². The van der Waals surface area contributed by atoms with Crippen LogP contribution in [0.5, 0.6) is 0 Å². The Morgan fingerprint density at radius 2 is 1.52 bits per heavy atom. The zero-order chi connectivity index (χ0) is 16.9. The van der Waals surface area contributed by atoms with Gasteiger partial charge in [-0.2, -0.15) is 0 Å². The molecule has 4 nitrogen and oxygen atoms in total. The fourth-order valence-corrected chi connectivity index (χ4v) is 3.70. The lowest BCUT2D eigenvalue weighted by molar-refractivity contribution is 0.213. The fourth-order valence-electron chi connectivity index (χ4n) is 2.01. The number of rotatable bonds is 6. The quantitative estimate of drug-likeness (QED) is 0.570. The van der Waals surface area contributed by atoms with Crippen molar-refractivity contribution in [3.8, 4) is 0 Å². The lowest BCUT2D eigenvalue weighted by atomic mass is 10.1. The Balaban J connectivity index is 2.20. The lowest BCUT2D eigenvalue weighted by Crippen LogP contribution is -2.19. The molecule has 23 heavy (non-hydrogen) atoms. The second kappa shape index (κ2) is 7.81. The summed E-state index contributed by atoms with van der Waals surface area (Å²) in [6.07, 6.45) is 0. The highest BCUT2D eigenvalue weighted by molar-refractivity contribution is 7.91. The van der Waals surface area contributed by atoms with Crippen molar-refractivity contribution < 1.29 is 13.3 Å². The minimum Gasteiger partial charge on any atom is -0.399 e. The van der Waals surface area contributed by atoms with E-state index in [1.165, 1.54) is 7.11 Å². The van der Waals surface area contributed by atoms with Crippen LogP contribution in [0.3, 0.4) is 0 Å². The Hall–Kier alpha value is -1.56. The maximum atomic E-state index is 12.4. The van der Waals surface area contributed by atoms with Crippen LogP contribution in [0.25, 0.3) is 0 Å². The van der Waals surface area contributed by atoms with Gasteiger partial charge in [0.2, 0.25) is 0 Å². The molecule has 0 aliphatic carbocycles. The van der Waals surface area contributed by atoms with E-state index in [0.29, 0.717) is 26.9 Å². The normalized spacial score (nSPS) is 12.2. The highest BCUT2D eigenvalue weighted by Crippen LogP contribution is 2.15. The van der Waals surface area contributed by atoms with Crippen molar-refractivity contribution in [2.45, 2.75) is 5.75 Å². The summed E-state index contributed by atoms with van der Waals surface area (Å²) < 4.78 is 24.8. The molecule has 0 saturated carbocycles. The maximum Gasteiger partial charge on any atom is 0.160 e. The van der Waals surface area contributed by atoms with Gasteiger partial charge >= 0.3 is 0 Å². The molecule has 0 aliphatic heterocycles. The van der Waals surface area contributed by atoms with Crippen LogP contribution in [0.1, 0.15) is 11.1 Å². The van der Waals surface area contributed by atoms with E-state index in [1.54, 1.807) is 48.5 Å². The highest BCUT2D eigenvalue weighted by atomic mass is 35.5. The molecule has 0 amide bonds. The first kappa shape index (κ1) is 17.8. The first-order valence-electron chi connectivity index (χ1n) is 6.70. The molecule has 0 bridgehead atoms. The summed E-state index contributed by atoms with van der Waals surface area (Å²) in [4.78, 5) is 4.77. The van der Waals surface area contributed by atoms with Crippen molar-refractivity contribution in [3.63, 3.8) is 0 Å². The fraction of sp³-hybridized carbons (Fsp3) is 0.188. The summed E-state index contributed by atoms with van der Waals surface area (Å²) >= 11 is 11.7. The van der Waals surface area contributed by atoms with Crippen LogP contribution in [0, 0.1) is 0 Å². The van der Waals surface area contributed by atoms with Crippen molar-refractivity contribution in [2.75, 3.05) is 12.9 Å². The molecular formula is C16H15Cl2NO3S. The summed E-state index contributed by atoms with van der Waals surface area (Å²) in [6.45, 7) is 0. The second-order valence-corrected chi connectivity index (χ2v) is 7.82. The Morgan fingerprint density at radius 3 is 2.04 bits per heavy atom. The maximum absolute atomic E-state index is 12.4. The van der Waals surface area contributed by atoms with Gasteiger partial charge in [-0.15, -0.1) is 0 Å². The molecule has 0 saturated heterocycles. The summed E-state index contributed by atoms with van der Waals surface area (Å²) in [6, 6.07) is 13.5. The van der Waals surface area contributed by atoms with Gasteiger partial charge in [0.15, 0.2) is 9.84 Å². The average molecular weight is 372 g/mol. The van der Waals surface area contributed by atoms with Crippen LogP contribution in [0.2, 0.25) is 10.0 Å². The van der Waals surface area contributed by atoms with E-state index in [4.69, 9.17) is 28.0 Å². The van der Waals surface area contributed by atoms with Gasteiger partial charge in [0.1, 0.15) is 12.8 Å². The number of hydrogen-bond acceptors (Lipinski definition) is 4. The van der Waals surface area contributed by atoms with E-state index in [2.05, 4.69) is 5.16 Å². The molecule has 0 aromatic heterocycles. The van der Waals surface area contributed by atoms with E-state index in [0.717, 1.165) is 0 Å². The monoisotopic (exact) mass is 371 g/mol. The van der Waals surface area contributed by atoms with Crippen LogP contribution in [-0.2, 0) is 20.4 Å². The standard InChI is InChI=1S/C16H15Cl2NO3S/c1-22-19-16(13-4-8-15(18)9-5-13)11-23(20,21)10-12-2-6-14(17)7-3-12/h2-9H,10-11H2,1H3/b19-16+. The van der Waals surface area contributed by atoms with E-state index in [9.17, 15) is 8.42 Å². The zero-order valence-electron chi connectivity index (χ0n) is 12.4. The Bertz CT molecular complexity index is 785. The van der Waals surface area contributed by atoms with Gasteiger partial charge < -0.3 is 4.84 Å². The highest BCUT2D eigenvalue weighted by Gasteiger charge is 2.18. The van der Waals surface area contributed by atoms with Gasteiger partial charge in [-0.3, -0.25) is 0 Å². The van der Waals surface area contributed by atoms with Crippen molar-refractivity contribution in [1.29, 1.82) is 0 Å². The van der Waals surface area contributed by atoms with Gasteiger partial charge in [0.25, 0.3) is 0 Å². The minimum absolute atomic E-state index is 0.0967. The molecule has 0 atom stereocenters. The molecule has 0 fully saturated rings. The average Bonchev–Trinajstić information content (AvgIpc) is 2.49. The van der Waals surface area contributed by atoms with Gasteiger partial charge in [0.05, 0.1) is 11.5 Å². The van der Waals surface area contributed by atoms with Crippen molar-refractivity contribution in [3.05, 3.63) is 69.7 Å². The van der Waals surface area contributed by atoms with Crippen molar-refractivity contribution in [2.24, 2.45) is 5.16 Å². The predicted octanol–water partition coefficient (Wildman–Crippen LogP) is 3.96. The van der Waals surface area contributed by atoms with E-state index < -0.39 is 9.84 Å². The number of hydrogen-bond donors (Lipinski definition) is 0. The molecule has 0 N–H and O–H groups in total. The van der Waals surface area contributed by atoms with Crippen LogP contribution in [0.15, 0.2) is 53.7 Å². The third kappa shape index (κ3) is 5.53. The predicted molar refractivity (Wildman–Crippen MR) is 93.9 cm³/mol. The van der Waals surface area contributed by atoms with Gasteiger partial charge in [-0.05, 0) is 29.8 Å². The van der Waals surface area contributed by atoms with Crippen LogP contribution >= 0.6 is 23.2 Å². The first-order valence-corrected chi connectivity index (χ1v) is 9.28. The molecule has 2 rings (SSSR count). The molecule has 0 spiro atoms. The number of nitrogens with zero attached hydrogens (tertiary/aromatic N) is 1. The largest absolute Gasteiger partial charge is 0.399 e. The topological polar surface area (TPSA) is 55.7 Å². The Morgan fingerprint density at radius 1 is 1.00 bits per heavy atom. The summed E-state index contributed by atoms with van der Waals surface area (Å²) in [7, 11) is -2.04. The Labute approximate surface area is 145 Å². The van der Waals surface area contributed by atoms with Crippen molar-refractivity contribution >= 4 is 38.8 Å². The lowest BCUT2D eigenvalue weighted by Gasteiger charge is -2.08. The SMILES string of the molecule is CO/N=C(\CS(=O)(=O)Cc1ccc(Cl)cc1)c1ccc(Cl)cc1. The summed E-state index contributed by atoms with van der Waals surface area (Å²) in [5.74, 6) is -0.328. The molecule has 7 heteroatoms. The number of oxime groups is 1. The zero-order valence-corrected chi connectivity index (χ0v) is 14.7. The molecule has 0 unspecified atom stereocenters. The van der Waals surface area contributed by atoms with E-state index in [-0.39, 0.29) is 11.5 Å². The second-order valence-electron chi connectivity index (χ2n) is 4.89. The van der Waals surface area contributed by atoms with Crippen LogP contribution in [-0.4, -0.2) is 27.0 Å². The summed E-state index contributed by atoms with van der Waals surface area (Å²) in [5.41, 5.74) is 1.65. The minimum atomic E-state index is -3.41. The third-order valence-electron chi connectivity index (χ3n) is 3.04. The smallest absolute Gasteiger partial charge is 0.160 e. The van der Waals surface area contributed by atoms with E-state index >= 15 is 0 Å². The van der Waals surface area contributed by atoms with Crippen LogP contribution < -0.4 is 0 Å². The van der Waals surface area contributed by atoms with Gasteiger partial charge in [0, 0.05) is 15.6 Å². The molecule has 2 aromatic rings. The number of halogens is 2. The molecule has 2 aromatic carbocycles. The Kier molecular flexibility index (Phi) is 6.04. The molecule has 0 radical (unpaired) electrons. The number of sulfone groups is 1. The van der Waals surface area contributed by atoms with E-state index in [1.807, 2.05) is 0 Å². The number of benzene rings is 2. The molecule has 0 heterocycles.